The largest absolute Gasteiger partial charge is 0.480 e. The van der Waals surface area contributed by atoms with Crippen LogP contribution in [0.25, 0.3) is 0 Å². The molecule has 0 bridgehead atoms. The van der Waals surface area contributed by atoms with E-state index in [-0.39, 0.29) is 13.1 Å². The normalized spacial score (nSPS) is 9.47. The highest BCUT2D eigenvalue weighted by Crippen LogP contribution is 1.96. The van der Waals surface area contributed by atoms with Gasteiger partial charge in [0.15, 0.2) is 0 Å². The zero-order valence-corrected chi connectivity index (χ0v) is 8.77. The van der Waals surface area contributed by atoms with Crippen molar-refractivity contribution in [2.75, 3.05) is 26.7 Å². The first-order chi connectivity index (χ1) is 6.88. The summed E-state index contributed by atoms with van der Waals surface area (Å²) in [5.74, 6) is -1.74. The van der Waals surface area contributed by atoms with Crippen LogP contribution < -0.4 is 5.73 Å². The number of urea groups is 1. The summed E-state index contributed by atoms with van der Waals surface area (Å²) < 4.78 is 0. The number of carboxylic acid groups (broad SMARTS) is 1. The molecule has 0 aliphatic rings. The van der Waals surface area contributed by atoms with Crippen LogP contribution in [0.3, 0.4) is 0 Å². The third kappa shape index (κ3) is 4.84. The molecule has 0 heterocycles. The van der Waals surface area contributed by atoms with Crippen molar-refractivity contribution in [1.29, 1.82) is 0 Å². The van der Waals surface area contributed by atoms with E-state index in [0.717, 1.165) is 9.80 Å². The van der Waals surface area contributed by atoms with Crippen molar-refractivity contribution in [3.05, 3.63) is 0 Å². The number of hydrogen-bond acceptors (Lipinski definition) is 3. The third-order valence-electron chi connectivity index (χ3n) is 1.70. The van der Waals surface area contributed by atoms with E-state index in [2.05, 4.69) is 0 Å². The molecule has 0 radical (unpaired) electrons. The first kappa shape index (κ1) is 13.2. The Morgan fingerprint density at radius 3 is 2.13 bits per heavy atom. The summed E-state index contributed by atoms with van der Waals surface area (Å²) in [5.41, 5.74) is 4.91. The molecule has 0 aromatic carbocycles. The SMILES string of the molecule is CCN(CC(=O)O)C(=O)N(C)CC(N)=O. The van der Waals surface area contributed by atoms with Crippen LogP contribution in [-0.4, -0.2) is 59.5 Å². The van der Waals surface area contributed by atoms with Gasteiger partial charge in [-0.1, -0.05) is 0 Å². The zero-order valence-electron chi connectivity index (χ0n) is 8.77. The number of hydrogen-bond donors (Lipinski definition) is 2. The van der Waals surface area contributed by atoms with Crippen molar-refractivity contribution < 1.29 is 19.5 Å². The maximum absolute atomic E-state index is 11.5. The highest BCUT2D eigenvalue weighted by molar-refractivity contribution is 5.84. The lowest BCUT2D eigenvalue weighted by Crippen LogP contribution is -2.46. The van der Waals surface area contributed by atoms with Crippen molar-refractivity contribution in [3.63, 3.8) is 0 Å². The summed E-state index contributed by atoms with van der Waals surface area (Å²) in [7, 11) is 1.39. The quantitative estimate of drug-likeness (QED) is 0.611. The number of primary amides is 1. The average Bonchev–Trinajstić information content (AvgIpc) is 2.11. The predicted molar refractivity (Wildman–Crippen MR) is 52.1 cm³/mol. The van der Waals surface area contributed by atoms with Gasteiger partial charge in [0.2, 0.25) is 5.91 Å². The van der Waals surface area contributed by atoms with Gasteiger partial charge in [0.25, 0.3) is 0 Å². The maximum Gasteiger partial charge on any atom is 0.323 e. The van der Waals surface area contributed by atoms with Crippen molar-refractivity contribution in [2.45, 2.75) is 6.92 Å². The molecule has 0 aromatic heterocycles. The third-order valence-corrected chi connectivity index (χ3v) is 1.70. The van der Waals surface area contributed by atoms with Gasteiger partial charge in [0.1, 0.15) is 13.1 Å². The van der Waals surface area contributed by atoms with E-state index in [9.17, 15) is 14.4 Å². The summed E-state index contributed by atoms with van der Waals surface area (Å²) in [5, 5.41) is 8.52. The van der Waals surface area contributed by atoms with Gasteiger partial charge in [0, 0.05) is 13.6 Å². The summed E-state index contributed by atoms with van der Waals surface area (Å²) in [6.07, 6.45) is 0. The van der Waals surface area contributed by atoms with E-state index < -0.39 is 24.5 Å². The van der Waals surface area contributed by atoms with Crippen LogP contribution in [0.2, 0.25) is 0 Å². The Labute approximate surface area is 87.4 Å². The van der Waals surface area contributed by atoms with Gasteiger partial charge < -0.3 is 20.6 Å². The van der Waals surface area contributed by atoms with E-state index in [1.54, 1.807) is 6.92 Å². The summed E-state index contributed by atoms with van der Waals surface area (Å²) in [4.78, 5) is 34.7. The van der Waals surface area contributed by atoms with E-state index in [1.807, 2.05) is 0 Å². The first-order valence-corrected chi connectivity index (χ1v) is 4.38. The lowest BCUT2D eigenvalue weighted by molar-refractivity contribution is -0.137. The van der Waals surface area contributed by atoms with Gasteiger partial charge in [-0.2, -0.15) is 0 Å². The number of nitrogens with zero attached hydrogens (tertiary/aromatic N) is 2. The fourth-order valence-corrected chi connectivity index (χ4v) is 1.02. The Bertz CT molecular complexity index is 267. The van der Waals surface area contributed by atoms with Gasteiger partial charge in [-0.05, 0) is 6.92 Å². The van der Waals surface area contributed by atoms with Crippen molar-refractivity contribution in [3.8, 4) is 0 Å². The molecular formula is C8H15N3O4. The van der Waals surface area contributed by atoms with E-state index in [0.29, 0.717) is 0 Å². The van der Waals surface area contributed by atoms with Gasteiger partial charge in [-0.3, -0.25) is 9.59 Å². The predicted octanol–water partition coefficient (Wildman–Crippen LogP) is -1.07. The molecule has 0 saturated heterocycles. The van der Waals surface area contributed by atoms with Crippen LogP contribution in [0.5, 0.6) is 0 Å². The van der Waals surface area contributed by atoms with Gasteiger partial charge in [-0.25, -0.2) is 4.79 Å². The number of carbonyl (C=O) groups excluding carboxylic acids is 2. The molecule has 86 valence electrons. The Morgan fingerprint density at radius 2 is 1.80 bits per heavy atom. The van der Waals surface area contributed by atoms with E-state index >= 15 is 0 Å². The number of carboxylic acids is 1. The second-order valence-corrected chi connectivity index (χ2v) is 3.01. The topological polar surface area (TPSA) is 104 Å². The molecule has 3 amide bonds. The minimum Gasteiger partial charge on any atom is -0.480 e. The highest BCUT2D eigenvalue weighted by atomic mass is 16.4. The van der Waals surface area contributed by atoms with Gasteiger partial charge in [-0.15, -0.1) is 0 Å². The number of carbonyl (C=O) groups is 3. The number of rotatable bonds is 5. The number of likely N-dealkylation sites (N-methyl/N-ethyl adjacent to an activating group) is 2. The van der Waals surface area contributed by atoms with E-state index in [1.165, 1.54) is 7.05 Å². The standard InChI is InChI=1S/C8H15N3O4/c1-3-11(5-7(13)14)8(15)10(2)4-6(9)12/h3-5H2,1-2H3,(H2,9,12)(H,13,14). The minimum absolute atomic E-state index is 0.227. The van der Waals surface area contributed by atoms with Crippen LogP contribution >= 0.6 is 0 Å². The molecular weight excluding hydrogens is 202 g/mol. The second kappa shape index (κ2) is 5.84. The molecule has 7 heteroatoms. The monoisotopic (exact) mass is 217 g/mol. The van der Waals surface area contributed by atoms with Crippen molar-refractivity contribution >= 4 is 17.9 Å². The summed E-state index contributed by atoms with van der Waals surface area (Å²) in [6.45, 7) is 1.29. The molecule has 3 N–H and O–H groups in total. The molecule has 0 unspecified atom stereocenters. The maximum atomic E-state index is 11.5. The van der Waals surface area contributed by atoms with Crippen LogP contribution in [0.15, 0.2) is 0 Å². The highest BCUT2D eigenvalue weighted by Gasteiger charge is 2.19. The molecule has 15 heavy (non-hydrogen) atoms. The van der Waals surface area contributed by atoms with Crippen LogP contribution in [0, 0.1) is 0 Å². The average molecular weight is 217 g/mol. The molecule has 0 atom stereocenters. The molecule has 0 aromatic rings. The number of aliphatic carboxylic acids is 1. The minimum atomic E-state index is -1.10. The van der Waals surface area contributed by atoms with Crippen molar-refractivity contribution in [1.82, 2.24) is 9.80 Å². The Hall–Kier alpha value is -1.79. The molecule has 0 aliphatic carbocycles. The summed E-state index contributed by atoms with van der Waals surface area (Å²) in [6, 6.07) is -0.529. The Balaban J connectivity index is 4.36. The first-order valence-electron chi connectivity index (χ1n) is 4.38. The molecule has 0 rings (SSSR count). The fraction of sp³-hybridized carbons (Fsp3) is 0.625. The lowest BCUT2D eigenvalue weighted by atomic mass is 10.4. The molecule has 0 saturated carbocycles. The van der Waals surface area contributed by atoms with Gasteiger partial charge in [0.05, 0.1) is 0 Å². The Morgan fingerprint density at radius 1 is 1.27 bits per heavy atom. The molecule has 0 fully saturated rings. The Kier molecular flexibility index (Phi) is 5.14. The van der Waals surface area contributed by atoms with E-state index in [4.69, 9.17) is 10.8 Å². The molecule has 0 aliphatic heterocycles. The van der Waals surface area contributed by atoms with Crippen LogP contribution in [-0.2, 0) is 9.59 Å². The summed E-state index contributed by atoms with van der Waals surface area (Å²) >= 11 is 0. The van der Waals surface area contributed by atoms with Gasteiger partial charge >= 0.3 is 12.0 Å². The zero-order chi connectivity index (χ0) is 12.0. The second-order valence-electron chi connectivity index (χ2n) is 3.01. The van der Waals surface area contributed by atoms with Crippen LogP contribution in [0.4, 0.5) is 4.79 Å². The fourth-order valence-electron chi connectivity index (χ4n) is 1.02. The molecule has 7 nitrogen and oxygen atoms in total. The van der Waals surface area contributed by atoms with Crippen molar-refractivity contribution in [2.24, 2.45) is 5.73 Å². The molecule has 0 spiro atoms. The van der Waals surface area contributed by atoms with Crippen LogP contribution in [0.1, 0.15) is 6.92 Å². The smallest absolute Gasteiger partial charge is 0.323 e. The number of amides is 3. The lowest BCUT2D eigenvalue weighted by Gasteiger charge is -2.24. The number of nitrogens with two attached hydrogens (primary N) is 1.